The van der Waals surface area contributed by atoms with E-state index in [9.17, 15) is 14.9 Å². The van der Waals surface area contributed by atoms with E-state index < -0.39 is 50.8 Å². The van der Waals surface area contributed by atoms with Crippen LogP contribution in [-0.2, 0) is 33.7 Å². The molecular formula is C68H68N7O9P. The number of methoxy groups -OCH3 is 2. The first-order valence-corrected chi connectivity index (χ1v) is 29.4. The quantitative estimate of drug-likeness (QED) is 0.0302. The van der Waals surface area contributed by atoms with E-state index in [0.717, 1.165) is 33.0 Å². The number of carbonyl (C=O) groups excluding carboxylic acids is 2. The lowest BCUT2D eigenvalue weighted by Gasteiger charge is -2.39. The Morgan fingerprint density at radius 2 is 1.34 bits per heavy atom. The van der Waals surface area contributed by atoms with Gasteiger partial charge in [-0.15, -0.1) is 0 Å². The number of benzene rings is 7. The molecule has 2 amide bonds. The van der Waals surface area contributed by atoms with Gasteiger partial charge in [-0.3, -0.25) is 4.79 Å². The second-order valence-electron chi connectivity index (χ2n) is 20.9. The third kappa shape index (κ3) is 13.1. The van der Waals surface area contributed by atoms with Crippen molar-refractivity contribution >= 4 is 48.2 Å². The number of ether oxygens (including phenoxy) is 5. The van der Waals surface area contributed by atoms with E-state index in [2.05, 4.69) is 60.9 Å². The van der Waals surface area contributed by atoms with Crippen molar-refractivity contribution in [3.63, 3.8) is 0 Å². The van der Waals surface area contributed by atoms with Crippen LogP contribution in [0.5, 0.6) is 11.5 Å². The van der Waals surface area contributed by atoms with Crippen molar-refractivity contribution < 1.29 is 42.3 Å². The lowest BCUT2D eigenvalue weighted by molar-refractivity contribution is -0.118. The molecule has 1 fully saturated rings. The number of carbonyl (C=O) groups is 2. The molecule has 2 unspecified atom stereocenters. The number of hydrogen-bond acceptors (Lipinski definition) is 13. The van der Waals surface area contributed by atoms with Crippen molar-refractivity contribution in [2.75, 3.05) is 32.3 Å². The van der Waals surface area contributed by atoms with Crippen molar-refractivity contribution in [1.29, 1.82) is 5.26 Å². The molecule has 16 nitrogen and oxygen atoms in total. The highest BCUT2D eigenvalue weighted by Gasteiger charge is 2.47. The van der Waals surface area contributed by atoms with Crippen LogP contribution < -0.4 is 25.0 Å². The van der Waals surface area contributed by atoms with Gasteiger partial charge >= 0.3 is 6.09 Å². The van der Waals surface area contributed by atoms with Crippen molar-refractivity contribution in [1.82, 2.24) is 24.9 Å². The first-order valence-electron chi connectivity index (χ1n) is 28.3. The molecule has 2 N–H and O–H groups in total. The first-order chi connectivity index (χ1) is 41.4. The van der Waals surface area contributed by atoms with Crippen molar-refractivity contribution in [3.8, 4) is 29.4 Å². The molecule has 1 aromatic heterocycles. The Morgan fingerprint density at radius 1 is 0.765 bits per heavy atom. The lowest BCUT2D eigenvalue weighted by Crippen LogP contribution is -2.40. The van der Waals surface area contributed by atoms with E-state index in [4.69, 9.17) is 37.7 Å². The molecule has 2 aliphatic heterocycles. The summed E-state index contributed by atoms with van der Waals surface area (Å²) in [7, 11) is 1.46. The van der Waals surface area contributed by atoms with E-state index in [-0.39, 0.29) is 44.0 Å². The standard InChI is InChI=1S/C68H68N7O9P/c1-46(2)75(47(3)4)85(81-42-20-41-69)84-60-43-62(82-61(60)44-80-68(51-24-11-8-12-25-51,52-32-36-56(78-6)37-33-52)53-34-38-57(79-7)39-35-53)73-45-70-63-64(73)59(40-31-50-23-19-22-49-21-17-18-30-58(49)50)65(71-48(5)76)72-66(63)83-67(77)74(54-26-13-9-14-27-54)55-28-15-10-16-29-55/h8-19,21-30,32-39,45-47,60-62,66,72H,20,42-44H2,1-7H3,(H,71,76)/t60-,61+,62+,66?,85?/m0/s1. The Bertz CT molecular complexity index is 3620. The van der Waals surface area contributed by atoms with Crippen LogP contribution in [-0.4, -0.2) is 77.9 Å². The van der Waals surface area contributed by atoms with Gasteiger partial charge in [0.05, 0.1) is 75.0 Å². The predicted molar refractivity (Wildman–Crippen MR) is 328 cm³/mol. The average Bonchev–Trinajstić information content (AvgIpc) is 2.66. The van der Waals surface area contributed by atoms with Crippen LogP contribution in [0.2, 0.25) is 0 Å². The molecule has 0 radical (unpaired) electrons. The Hall–Kier alpha value is -8.83. The predicted octanol–water partition coefficient (Wildman–Crippen LogP) is 13.4. The van der Waals surface area contributed by atoms with Crippen LogP contribution in [0.1, 0.15) is 93.6 Å². The van der Waals surface area contributed by atoms with Crippen LogP contribution in [0.3, 0.4) is 0 Å². The summed E-state index contributed by atoms with van der Waals surface area (Å²) in [6.45, 7) is 9.89. The van der Waals surface area contributed by atoms with E-state index >= 15 is 0 Å². The summed E-state index contributed by atoms with van der Waals surface area (Å²) in [6, 6.07) is 60.2. The average molecular weight is 1160 g/mol. The van der Waals surface area contributed by atoms with Crippen LogP contribution in [0.4, 0.5) is 16.2 Å². The highest BCUT2D eigenvalue weighted by molar-refractivity contribution is 7.44. The fourth-order valence-electron chi connectivity index (χ4n) is 10.9. The molecule has 3 heterocycles. The Labute approximate surface area is 497 Å². The van der Waals surface area contributed by atoms with Gasteiger partial charge in [-0.2, -0.15) is 5.26 Å². The molecule has 8 aromatic rings. The number of aromatic nitrogens is 2. The number of imidazole rings is 1. The first kappa shape index (κ1) is 59.3. The number of amides is 2. The maximum Gasteiger partial charge on any atom is 0.421 e. The monoisotopic (exact) mass is 1160 g/mol. The highest BCUT2D eigenvalue weighted by atomic mass is 31.2. The zero-order chi connectivity index (χ0) is 59.5. The second kappa shape index (κ2) is 27.3. The zero-order valence-corrected chi connectivity index (χ0v) is 49.4. The van der Waals surface area contributed by atoms with Gasteiger partial charge < -0.3 is 47.9 Å². The summed E-state index contributed by atoms with van der Waals surface area (Å²) in [6.07, 6.45) is -2.28. The van der Waals surface area contributed by atoms with Gasteiger partial charge in [-0.25, -0.2) is 19.3 Å². The molecule has 1 saturated heterocycles. The highest BCUT2D eigenvalue weighted by Crippen LogP contribution is 2.51. The van der Waals surface area contributed by atoms with Crippen LogP contribution in [0.15, 0.2) is 194 Å². The van der Waals surface area contributed by atoms with Gasteiger partial charge in [0.2, 0.25) is 12.1 Å². The molecule has 85 heavy (non-hydrogen) atoms. The van der Waals surface area contributed by atoms with Gasteiger partial charge in [0, 0.05) is 31.0 Å². The van der Waals surface area contributed by atoms with Gasteiger partial charge in [0.25, 0.3) is 8.53 Å². The van der Waals surface area contributed by atoms with E-state index in [1.807, 2.05) is 187 Å². The summed E-state index contributed by atoms with van der Waals surface area (Å²) >= 11 is 0. The Morgan fingerprint density at radius 3 is 1.93 bits per heavy atom. The minimum atomic E-state index is -1.81. The molecule has 5 atom stereocenters. The number of nitriles is 1. The molecule has 0 saturated carbocycles. The number of anilines is 2. The normalized spacial score (nSPS) is 16.9. The molecule has 10 rings (SSSR count). The molecule has 434 valence electrons. The fourth-order valence-corrected chi connectivity index (χ4v) is 12.6. The minimum Gasteiger partial charge on any atom is -0.497 e. The number of hydrogen-bond donors (Lipinski definition) is 2. The number of para-hydroxylation sites is 2. The largest absolute Gasteiger partial charge is 0.497 e. The SMILES string of the molecule is COc1ccc(C(OC[C@H]2O[C@@H](n3cnc4c3C(C#Cc3cccc5ccccc35)=C(NC(C)=O)NC4OC(=O)N(c3ccccc3)c3ccccc3)C[C@@H]2OP(OCCC#N)N(C(C)C)C(C)C)(c2ccccc2)c2ccc(OC)cc2)cc1. The summed E-state index contributed by atoms with van der Waals surface area (Å²) in [4.78, 5) is 34.8. The van der Waals surface area contributed by atoms with Crippen molar-refractivity contribution in [3.05, 3.63) is 228 Å². The number of allylic oxidation sites excluding steroid dienone is 1. The third-order valence-electron chi connectivity index (χ3n) is 14.7. The maximum atomic E-state index is 14.9. The van der Waals surface area contributed by atoms with Crippen molar-refractivity contribution in [2.45, 2.75) is 89.8 Å². The fraction of sp³-hybridized carbons (Fsp3) is 0.265. The smallest absolute Gasteiger partial charge is 0.421 e. The summed E-state index contributed by atoms with van der Waals surface area (Å²) in [5.41, 5.74) is 4.25. The van der Waals surface area contributed by atoms with Crippen LogP contribution >= 0.6 is 8.53 Å². The van der Waals surface area contributed by atoms with E-state index in [1.165, 1.54) is 11.8 Å². The molecule has 0 bridgehead atoms. The third-order valence-corrected chi connectivity index (χ3v) is 16.8. The van der Waals surface area contributed by atoms with Crippen LogP contribution in [0.25, 0.3) is 16.3 Å². The number of fused-ring (bicyclic) bond motifs is 2. The lowest BCUT2D eigenvalue weighted by atomic mass is 9.80. The Balaban J connectivity index is 1.12. The van der Waals surface area contributed by atoms with Crippen LogP contribution in [0, 0.1) is 23.2 Å². The Kier molecular flexibility index (Phi) is 19.0. The van der Waals surface area contributed by atoms with Gasteiger partial charge in [-0.1, -0.05) is 139 Å². The summed E-state index contributed by atoms with van der Waals surface area (Å²) in [5, 5.41) is 18.0. The van der Waals surface area contributed by atoms with E-state index in [0.29, 0.717) is 39.8 Å². The minimum absolute atomic E-state index is 0.00962. The van der Waals surface area contributed by atoms with Crippen molar-refractivity contribution in [2.24, 2.45) is 0 Å². The molecule has 0 aliphatic carbocycles. The van der Waals surface area contributed by atoms with Gasteiger partial charge in [0.1, 0.15) is 40.9 Å². The molecule has 7 aromatic carbocycles. The molecular weight excluding hydrogens is 1090 g/mol. The molecule has 17 heteroatoms. The summed E-state index contributed by atoms with van der Waals surface area (Å²) in [5.74, 6) is 8.01. The molecule has 0 spiro atoms. The summed E-state index contributed by atoms with van der Waals surface area (Å²) < 4.78 is 50.7. The van der Waals surface area contributed by atoms with Gasteiger partial charge in [-0.05, 0) is 110 Å². The maximum absolute atomic E-state index is 14.9. The topological polar surface area (TPSA) is 171 Å². The number of nitrogens with one attached hydrogen (secondary N) is 2. The van der Waals surface area contributed by atoms with Gasteiger partial charge in [0.15, 0.2) is 0 Å². The zero-order valence-electron chi connectivity index (χ0n) is 48.5. The molecule has 2 aliphatic rings. The second-order valence-corrected chi connectivity index (χ2v) is 22.3. The number of nitrogens with zero attached hydrogens (tertiary/aromatic N) is 5. The van der Waals surface area contributed by atoms with E-state index in [1.54, 1.807) is 20.5 Å². The number of rotatable bonds is 21.